The Balaban J connectivity index is 1.67. The van der Waals surface area contributed by atoms with Gasteiger partial charge in [0.1, 0.15) is 5.60 Å². The molecule has 5 amide bonds. The normalized spacial score (nSPS) is 16.9. The number of halogens is 2. The van der Waals surface area contributed by atoms with E-state index >= 15 is 0 Å². The van der Waals surface area contributed by atoms with Crippen LogP contribution in [0.5, 0.6) is 0 Å². The number of benzene rings is 2. The van der Waals surface area contributed by atoms with Gasteiger partial charge in [0.15, 0.2) is 0 Å². The SMILES string of the molecule is CC(C)(C)OC(=O)N(c1ccc(C2CNC(=O)NC2)cc1Br)c1ccc(C2CNC(=O)NC2)cc1Br. The van der Waals surface area contributed by atoms with Crippen molar-refractivity contribution in [1.82, 2.24) is 21.3 Å². The molecule has 0 radical (unpaired) electrons. The molecule has 192 valence electrons. The number of hydrogen-bond donors (Lipinski definition) is 4. The first kappa shape index (κ1) is 26.3. The highest BCUT2D eigenvalue weighted by Gasteiger charge is 2.29. The lowest BCUT2D eigenvalue weighted by Gasteiger charge is -2.30. The second-order valence-electron chi connectivity index (χ2n) is 9.81. The van der Waals surface area contributed by atoms with Gasteiger partial charge in [0.2, 0.25) is 0 Å². The van der Waals surface area contributed by atoms with Crippen molar-refractivity contribution >= 4 is 61.4 Å². The lowest BCUT2D eigenvalue weighted by molar-refractivity contribution is 0.0598. The van der Waals surface area contributed by atoms with E-state index in [1.165, 1.54) is 4.90 Å². The minimum atomic E-state index is -0.688. The van der Waals surface area contributed by atoms with E-state index < -0.39 is 11.7 Å². The summed E-state index contributed by atoms with van der Waals surface area (Å²) in [4.78, 5) is 37.9. The fraction of sp³-hybridized carbons (Fsp3) is 0.400. The van der Waals surface area contributed by atoms with E-state index in [9.17, 15) is 14.4 Å². The third-order valence-corrected chi connectivity index (χ3v) is 7.25. The zero-order valence-corrected chi connectivity index (χ0v) is 23.5. The molecule has 0 unspecified atom stereocenters. The molecule has 4 rings (SSSR count). The molecule has 9 nitrogen and oxygen atoms in total. The van der Waals surface area contributed by atoms with Crippen molar-refractivity contribution < 1.29 is 19.1 Å². The summed E-state index contributed by atoms with van der Waals surface area (Å²) >= 11 is 7.32. The van der Waals surface area contributed by atoms with Crippen molar-refractivity contribution in [3.63, 3.8) is 0 Å². The average molecular weight is 623 g/mol. The van der Waals surface area contributed by atoms with E-state index in [1.54, 1.807) is 0 Å². The summed E-state index contributed by atoms with van der Waals surface area (Å²) in [5, 5.41) is 11.3. The maximum Gasteiger partial charge on any atom is 0.419 e. The van der Waals surface area contributed by atoms with Crippen molar-refractivity contribution in [3.05, 3.63) is 56.5 Å². The zero-order chi connectivity index (χ0) is 26.0. The average Bonchev–Trinajstić information content (AvgIpc) is 2.81. The largest absolute Gasteiger partial charge is 0.443 e. The molecule has 2 fully saturated rings. The molecule has 11 heteroatoms. The molecular formula is C25H29Br2N5O4. The number of rotatable bonds is 4. The van der Waals surface area contributed by atoms with E-state index in [-0.39, 0.29) is 23.9 Å². The summed E-state index contributed by atoms with van der Waals surface area (Å²) in [6.07, 6.45) is -0.511. The Morgan fingerprint density at radius 1 is 0.806 bits per heavy atom. The predicted octanol–water partition coefficient (Wildman–Crippen LogP) is 5.08. The van der Waals surface area contributed by atoms with Gasteiger partial charge >= 0.3 is 18.2 Å². The number of carbonyl (C=O) groups is 3. The molecule has 2 aromatic carbocycles. The molecule has 2 aromatic rings. The first-order valence-electron chi connectivity index (χ1n) is 11.7. The Labute approximate surface area is 227 Å². The Morgan fingerprint density at radius 2 is 1.19 bits per heavy atom. The molecule has 2 aliphatic heterocycles. The summed E-state index contributed by atoms with van der Waals surface area (Å²) in [5.74, 6) is 0.220. The molecule has 0 aliphatic carbocycles. The Hall–Kier alpha value is -2.79. The number of ether oxygens (including phenoxy) is 1. The van der Waals surface area contributed by atoms with E-state index in [0.29, 0.717) is 37.6 Å². The van der Waals surface area contributed by atoms with Crippen molar-refractivity contribution in [2.45, 2.75) is 38.2 Å². The van der Waals surface area contributed by atoms with Crippen LogP contribution in [-0.2, 0) is 4.74 Å². The van der Waals surface area contributed by atoms with Crippen molar-refractivity contribution in [3.8, 4) is 0 Å². The van der Waals surface area contributed by atoms with Crippen molar-refractivity contribution in [1.29, 1.82) is 0 Å². The van der Waals surface area contributed by atoms with Crippen LogP contribution < -0.4 is 26.2 Å². The number of amides is 5. The van der Waals surface area contributed by atoms with Crippen LogP contribution in [0.2, 0.25) is 0 Å². The minimum Gasteiger partial charge on any atom is -0.443 e. The van der Waals surface area contributed by atoms with Gasteiger partial charge in [-0.3, -0.25) is 0 Å². The summed E-state index contributed by atoms with van der Waals surface area (Å²) in [7, 11) is 0. The third-order valence-electron chi connectivity index (χ3n) is 5.98. The first-order valence-corrected chi connectivity index (χ1v) is 13.3. The van der Waals surface area contributed by atoms with Crippen molar-refractivity contribution in [2.24, 2.45) is 0 Å². The molecule has 0 aromatic heterocycles. The molecule has 0 spiro atoms. The molecular weight excluding hydrogens is 594 g/mol. The van der Waals surface area contributed by atoms with Gasteiger partial charge in [-0.1, -0.05) is 12.1 Å². The van der Waals surface area contributed by atoms with E-state index in [1.807, 2.05) is 57.2 Å². The lowest BCUT2D eigenvalue weighted by Crippen LogP contribution is -2.47. The van der Waals surface area contributed by atoms with Crippen LogP contribution in [0.3, 0.4) is 0 Å². The number of carbonyl (C=O) groups excluding carboxylic acids is 3. The zero-order valence-electron chi connectivity index (χ0n) is 20.3. The second-order valence-corrected chi connectivity index (χ2v) is 11.5. The van der Waals surface area contributed by atoms with Crippen LogP contribution in [0.15, 0.2) is 45.3 Å². The second kappa shape index (κ2) is 10.7. The molecule has 0 saturated carbocycles. The quantitative estimate of drug-likeness (QED) is 0.381. The third kappa shape index (κ3) is 6.12. The molecule has 0 bridgehead atoms. The van der Waals surface area contributed by atoms with Gasteiger partial charge < -0.3 is 26.0 Å². The maximum absolute atomic E-state index is 13.5. The highest BCUT2D eigenvalue weighted by Crippen LogP contribution is 2.40. The van der Waals surface area contributed by atoms with Gasteiger partial charge in [-0.2, -0.15) is 0 Å². The number of urea groups is 2. The van der Waals surface area contributed by atoms with Crippen LogP contribution >= 0.6 is 31.9 Å². The molecule has 0 atom stereocenters. The topological polar surface area (TPSA) is 112 Å². The minimum absolute atomic E-state index is 0.110. The van der Waals surface area contributed by atoms with Gasteiger partial charge in [-0.05, 0) is 88.0 Å². The highest BCUT2D eigenvalue weighted by molar-refractivity contribution is 9.11. The maximum atomic E-state index is 13.5. The fourth-order valence-electron chi connectivity index (χ4n) is 4.16. The number of nitrogens with zero attached hydrogens (tertiary/aromatic N) is 1. The number of nitrogens with one attached hydrogen (secondary N) is 4. The van der Waals surface area contributed by atoms with Gasteiger partial charge in [0.25, 0.3) is 0 Å². The van der Waals surface area contributed by atoms with Gasteiger partial charge in [-0.25, -0.2) is 19.3 Å². The van der Waals surface area contributed by atoms with Gasteiger partial charge in [0, 0.05) is 47.0 Å². The van der Waals surface area contributed by atoms with Crippen LogP contribution in [0, 0.1) is 0 Å². The van der Waals surface area contributed by atoms with Gasteiger partial charge in [0.05, 0.1) is 11.4 Å². The molecule has 36 heavy (non-hydrogen) atoms. The molecule has 2 heterocycles. The van der Waals surface area contributed by atoms with E-state index in [0.717, 1.165) is 20.1 Å². The first-order chi connectivity index (χ1) is 17.0. The lowest BCUT2D eigenvalue weighted by atomic mass is 9.97. The van der Waals surface area contributed by atoms with E-state index in [4.69, 9.17) is 4.74 Å². The summed E-state index contributed by atoms with van der Waals surface area (Å²) < 4.78 is 7.21. The Bertz CT molecular complexity index is 1090. The Morgan fingerprint density at radius 3 is 1.53 bits per heavy atom. The van der Waals surface area contributed by atoms with Gasteiger partial charge in [-0.15, -0.1) is 0 Å². The van der Waals surface area contributed by atoms with Crippen LogP contribution in [0.1, 0.15) is 43.7 Å². The monoisotopic (exact) mass is 621 g/mol. The highest BCUT2D eigenvalue weighted by atomic mass is 79.9. The molecule has 4 N–H and O–H groups in total. The Kier molecular flexibility index (Phi) is 7.79. The van der Waals surface area contributed by atoms with Crippen LogP contribution in [0.4, 0.5) is 25.8 Å². The number of anilines is 2. The summed E-state index contributed by atoms with van der Waals surface area (Å²) in [6.45, 7) is 7.64. The molecule has 2 aliphatic rings. The predicted molar refractivity (Wildman–Crippen MR) is 145 cm³/mol. The van der Waals surface area contributed by atoms with Crippen LogP contribution in [-0.4, -0.2) is 49.9 Å². The number of hydrogen-bond acceptors (Lipinski definition) is 4. The summed E-state index contributed by atoms with van der Waals surface area (Å²) in [6, 6.07) is 11.3. The van der Waals surface area contributed by atoms with E-state index in [2.05, 4.69) is 53.1 Å². The fourth-order valence-corrected chi connectivity index (χ4v) is 5.30. The van der Waals surface area contributed by atoms with Crippen LogP contribution in [0.25, 0.3) is 0 Å². The van der Waals surface area contributed by atoms with Crippen molar-refractivity contribution in [2.75, 3.05) is 31.1 Å². The standard InChI is InChI=1S/C25H29Br2N5O4/c1-25(2,3)36-24(35)32(20-6-4-14(8-18(20)26)16-10-28-22(33)29-11-16)21-7-5-15(9-19(21)27)17-12-30-23(34)31-13-17/h4-9,16-17H,10-13H2,1-3H3,(H2,28,29,33)(H2,30,31,34). The smallest absolute Gasteiger partial charge is 0.419 e. The molecule has 2 saturated heterocycles. The summed E-state index contributed by atoms with van der Waals surface area (Å²) in [5.41, 5.74) is 2.63.